The van der Waals surface area contributed by atoms with Crippen molar-refractivity contribution < 1.29 is 22.8 Å². The molecule has 0 atom stereocenters. The predicted octanol–water partition coefficient (Wildman–Crippen LogP) is 1.29. The summed E-state index contributed by atoms with van der Waals surface area (Å²) in [4.78, 5) is 39.9. The fraction of sp³-hybridized carbons (Fsp3) is 0.609. The molecular formula is C23H33N5O5S. The van der Waals surface area contributed by atoms with Gasteiger partial charge in [-0.15, -0.1) is 0 Å². The van der Waals surface area contributed by atoms with Gasteiger partial charge in [-0.05, 0) is 38.3 Å². The number of imide groups is 1. The number of piperazine rings is 1. The molecule has 4 amide bonds. The summed E-state index contributed by atoms with van der Waals surface area (Å²) in [5.41, 5.74) is 3.33. The number of benzene rings is 1. The van der Waals surface area contributed by atoms with Crippen LogP contribution in [0.5, 0.6) is 0 Å². The summed E-state index contributed by atoms with van der Waals surface area (Å²) >= 11 is 0. The lowest BCUT2D eigenvalue weighted by Gasteiger charge is -2.34. The molecule has 2 saturated heterocycles. The van der Waals surface area contributed by atoms with Crippen molar-refractivity contribution in [2.24, 2.45) is 0 Å². The van der Waals surface area contributed by atoms with Gasteiger partial charge in [0.05, 0.1) is 4.90 Å². The molecule has 3 fully saturated rings. The average molecular weight is 492 g/mol. The predicted molar refractivity (Wildman–Crippen MR) is 125 cm³/mol. The third kappa shape index (κ3) is 4.82. The molecule has 11 heteroatoms. The largest absolute Gasteiger partial charge is 0.344 e. The van der Waals surface area contributed by atoms with Crippen LogP contribution in [0.4, 0.5) is 4.79 Å². The number of carbonyl (C=O) groups is 3. The number of nitrogens with zero attached hydrogens (tertiary/aromatic N) is 3. The molecule has 0 radical (unpaired) electrons. The lowest BCUT2D eigenvalue weighted by Crippen LogP contribution is -2.52. The molecule has 34 heavy (non-hydrogen) atoms. The Morgan fingerprint density at radius 3 is 2.38 bits per heavy atom. The minimum atomic E-state index is -3.57. The van der Waals surface area contributed by atoms with Crippen LogP contribution >= 0.6 is 0 Å². The average Bonchev–Trinajstić information content (AvgIpc) is 3.02. The van der Waals surface area contributed by atoms with Crippen molar-refractivity contribution in [1.82, 2.24) is 25.0 Å². The van der Waals surface area contributed by atoms with Gasteiger partial charge in [-0.3, -0.25) is 15.0 Å². The van der Waals surface area contributed by atoms with E-state index in [4.69, 9.17) is 0 Å². The summed E-state index contributed by atoms with van der Waals surface area (Å²) in [5.74, 6) is -0.794. The minimum Gasteiger partial charge on any atom is -0.322 e. The maximum Gasteiger partial charge on any atom is 0.344 e. The number of hydrogen-bond donors (Lipinski definition) is 2. The lowest BCUT2D eigenvalue weighted by molar-refractivity contribution is -0.140. The van der Waals surface area contributed by atoms with Gasteiger partial charge in [0.1, 0.15) is 5.54 Å². The number of nitrogens with one attached hydrogen (secondary N) is 2. The summed E-state index contributed by atoms with van der Waals surface area (Å²) in [6.07, 6.45) is 4.08. The van der Waals surface area contributed by atoms with Crippen molar-refractivity contribution in [3.05, 3.63) is 29.3 Å². The van der Waals surface area contributed by atoms with Gasteiger partial charge in [-0.2, -0.15) is 9.31 Å². The quantitative estimate of drug-likeness (QED) is 0.579. The monoisotopic (exact) mass is 491 g/mol. The van der Waals surface area contributed by atoms with E-state index < -0.39 is 27.5 Å². The zero-order chi connectivity index (χ0) is 24.5. The van der Waals surface area contributed by atoms with Crippen molar-refractivity contribution in [2.45, 2.75) is 62.8 Å². The molecule has 2 aliphatic heterocycles. The maximum atomic E-state index is 13.0. The Hall–Kier alpha value is -2.50. The zero-order valence-corrected chi connectivity index (χ0v) is 20.6. The molecule has 1 saturated carbocycles. The molecule has 0 unspecified atom stereocenters. The highest BCUT2D eigenvalue weighted by molar-refractivity contribution is 7.89. The SMILES string of the molecule is Cc1ccc(S(=O)(=O)N2CCN(CCC(=O)NN3C(=O)NC4(CCCCC4)C3=O)CC2)c(C)c1. The molecule has 1 aliphatic carbocycles. The fourth-order valence-electron chi connectivity index (χ4n) is 5.08. The number of rotatable bonds is 6. The van der Waals surface area contributed by atoms with Crippen LogP contribution in [0.1, 0.15) is 49.7 Å². The second-order valence-electron chi connectivity index (χ2n) is 9.51. The van der Waals surface area contributed by atoms with Crippen LogP contribution in [-0.4, -0.2) is 78.7 Å². The maximum absolute atomic E-state index is 13.0. The van der Waals surface area contributed by atoms with Crippen molar-refractivity contribution in [3.63, 3.8) is 0 Å². The van der Waals surface area contributed by atoms with E-state index in [1.807, 2.05) is 17.9 Å². The van der Waals surface area contributed by atoms with E-state index in [9.17, 15) is 22.8 Å². The minimum absolute atomic E-state index is 0.105. The van der Waals surface area contributed by atoms with Crippen LogP contribution < -0.4 is 10.7 Å². The zero-order valence-electron chi connectivity index (χ0n) is 19.8. The first-order valence-electron chi connectivity index (χ1n) is 11.9. The van der Waals surface area contributed by atoms with Gasteiger partial charge >= 0.3 is 6.03 Å². The molecule has 186 valence electrons. The number of aryl methyl sites for hydroxylation is 2. The Morgan fingerprint density at radius 2 is 1.74 bits per heavy atom. The van der Waals surface area contributed by atoms with Crippen LogP contribution in [0.25, 0.3) is 0 Å². The van der Waals surface area contributed by atoms with E-state index in [0.717, 1.165) is 35.4 Å². The van der Waals surface area contributed by atoms with Gasteiger partial charge in [0, 0.05) is 39.1 Å². The Labute approximate surface area is 200 Å². The van der Waals surface area contributed by atoms with Crippen LogP contribution in [0.3, 0.4) is 0 Å². The Kier molecular flexibility index (Phi) is 6.97. The van der Waals surface area contributed by atoms with Gasteiger partial charge in [-0.1, -0.05) is 37.0 Å². The van der Waals surface area contributed by atoms with Gasteiger partial charge < -0.3 is 10.2 Å². The summed E-state index contributed by atoms with van der Waals surface area (Å²) in [5, 5.41) is 3.59. The molecule has 4 rings (SSSR count). The third-order valence-electron chi connectivity index (χ3n) is 7.04. The Bertz CT molecular complexity index is 1080. The fourth-order valence-corrected chi connectivity index (χ4v) is 6.71. The highest BCUT2D eigenvalue weighted by Crippen LogP contribution is 2.33. The van der Waals surface area contributed by atoms with Crippen LogP contribution in [0.2, 0.25) is 0 Å². The number of urea groups is 1. The summed E-state index contributed by atoms with van der Waals surface area (Å²) < 4.78 is 27.6. The van der Waals surface area contributed by atoms with Crippen molar-refractivity contribution in [1.29, 1.82) is 0 Å². The highest BCUT2D eigenvalue weighted by Gasteiger charge is 2.52. The lowest BCUT2D eigenvalue weighted by atomic mass is 9.82. The number of hydrazine groups is 1. The molecule has 0 aromatic heterocycles. The third-order valence-corrected chi connectivity index (χ3v) is 9.10. The summed E-state index contributed by atoms with van der Waals surface area (Å²) in [6.45, 7) is 5.83. The smallest absolute Gasteiger partial charge is 0.322 e. The van der Waals surface area contributed by atoms with E-state index in [2.05, 4.69) is 10.7 Å². The normalized spacial score (nSPS) is 21.6. The van der Waals surface area contributed by atoms with Crippen LogP contribution in [0.15, 0.2) is 23.1 Å². The van der Waals surface area contributed by atoms with Crippen molar-refractivity contribution in [2.75, 3.05) is 32.7 Å². The van der Waals surface area contributed by atoms with E-state index in [1.54, 1.807) is 19.1 Å². The second-order valence-corrected chi connectivity index (χ2v) is 11.4. The van der Waals surface area contributed by atoms with Crippen molar-refractivity contribution >= 4 is 27.9 Å². The first-order chi connectivity index (χ1) is 16.1. The molecule has 1 aromatic rings. The Morgan fingerprint density at radius 1 is 1.06 bits per heavy atom. The van der Waals surface area contributed by atoms with E-state index in [1.165, 1.54) is 4.31 Å². The standard InChI is InChI=1S/C23H33N5O5S/c1-17-6-7-19(18(2)16-17)34(32,33)27-14-12-26(13-15-27)11-8-20(29)25-28-21(30)23(24-22(28)31)9-4-3-5-10-23/h6-7,16H,3-5,8-15H2,1-2H3,(H,24,31)(H,25,29). The van der Waals surface area contributed by atoms with E-state index in [-0.39, 0.29) is 12.3 Å². The first-order valence-corrected chi connectivity index (χ1v) is 13.3. The van der Waals surface area contributed by atoms with Crippen LogP contribution in [0, 0.1) is 13.8 Å². The number of sulfonamides is 1. The molecule has 3 aliphatic rings. The number of amides is 4. The first kappa shape index (κ1) is 24.6. The topological polar surface area (TPSA) is 119 Å². The van der Waals surface area contributed by atoms with Crippen LogP contribution in [-0.2, 0) is 19.6 Å². The van der Waals surface area contributed by atoms with Gasteiger partial charge in [-0.25, -0.2) is 13.2 Å². The number of carbonyl (C=O) groups excluding carboxylic acids is 3. The molecule has 1 spiro atoms. The van der Waals surface area contributed by atoms with Gasteiger partial charge in [0.25, 0.3) is 5.91 Å². The van der Waals surface area contributed by atoms with Crippen molar-refractivity contribution in [3.8, 4) is 0 Å². The van der Waals surface area contributed by atoms with E-state index >= 15 is 0 Å². The molecule has 1 aromatic carbocycles. The van der Waals surface area contributed by atoms with Gasteiger partial charge in [0.15, 0.2) is 0 Å². The molecular weight excluding hydrogens is 458 g/mol. The van der Waals surface area contributed by atoms with Gasteiger partial charge in [0.2, 0.25) is 15.9 Å². The molecule has 0 bridgehead atoms. The highest BCUT2D eigenvalue weighted by atomic mass is 32.2. The number of hydrogen-bond acceptors (Lipinski definition) is 6. The molecule has 2 heterocycles. The second kappa shape index (κ2) is 9.63. The Balaban J connectivity index is 1.26. The molecule has 10 nitrogen and oxygen atoms in total. The van der Waals surface area contributed by atoms with E-state index in [0.29, 0.717) is 50.5 Å². The molecule has 2 N–H and O–H groups in total. The summed E-state index contributed by atoms with van der Waals surface area (Å²) in [7, 11) is -3.57. The summed E-state index contributed by atoms with van der Waals surface area (Å²) in [6, 6.07) is 4.74.